The van der Waals surface area contributed by atoms with Crippen molar-refractivity contribution < 1.29 is 9.53 Å². The average molecular weight is 351 g/mol. The molecule has 0 aromatic heterocycles. The predicted octanol–water partition coefficient (Wildman–Crippen LogP) is 2.33. The zero-order valence-corrected chi connectivity index (χ0v) is 14.3. The van der Waals surface area contributed by atoms with E-state index in [4.69, 9.17) is 16.2 Å². The molecule has 0 unspecified atom stereocenters. The molecule has 2 rings (SSSR count). The first-order chi connectivity index (χ1) is 12.6. The Bertz CT molecular complexity index is 798. The molecular formula is C19H21N5O2. The molecule has 0 aliphatic rings. The van der Waals surface area contributed by atoms with Crippen molar-refractivity contribution in [1.82, 2.24) is 0 Å². The van der Waals surface area contributed by atoms with Crippen molar-refractivity contribution in [1.29, 1.82) is 0 Å². The second-order valence-corrected chi connectivity index (χ2v) is 5.25. The molecule has 0 bridgehead atoms. The smallest absolute Gasteiger partial charge is 0.330 e. The van der Waals surface area contributed by atoms with Crippen molar-refractivity contribution in [3.05, 3.63) is 72.8 Å². The molecule has 0 amide bonds. The summed E-state index contributed by atoms with van der Waals surface area (Å²) in [5.74, 6) is -0.241. The number of ether oxygens (including phenoxy) is 1. The molecule has 7 nitrogen and oxygen atoms in total. The SMILES string of the molecule is C=CC(=O)OCCc1ccc(N=C(N)N=C(N)Nc2ccccc2)cc1. The summed E-state index contributed by atoms with van der Waals surface area (Å²) in [7, 11) is 0. The van der Waals surface area contributed by atoms with Crippen LogP contribution in [0.2, 0.25) is 0 Å². The fraction of sp³-hybridized carbons (Fsp3) is 0.105. The summed E-state index contributed by atoms with van der Waals surface area (Å²) in [6.45, 7) is 3.64. The summed E-state index contributed by atoms with van der Waals surface area (Å²) in [5.41, 5.74) is 14.1. The zero-order valence-electron chi connectivity index (χ0n) is 14.3. The molecule has 134 valence electrons. The second kappa shape index (κ2) is 9.63. The summed E-state index contributed by atoms with van der Waals surface area (Å²) >= 11 is 0. The largest absolute Gasteiger partial charge is 0.462 e. The van der Waals surface area contributed by atoms with Gasteiger partial charge in [-0.05, 0) is 29.8 Å². The van der Waals surface area contributed by atoms with Gasteiger partial charge in [-0.15, -0.1) is 0 Å². The highest BCUT2D eigenvalue weighted by Crippen LogP contribution is 2.13. The number of carbonyl (C=O) groups excluding carboxylic acids is 1. The molecule has 0 aliphatic carbocycles. The number of aliphatic imine (C=N–C) groups is 2. The van der Waals surface area contributed by atoms with E-state index < -0.39 is 5.97 Å². The molecule has 0 fully saturated rings. The first-order valence-corrected chi connectivity index (χ1v) is 7.95. The lowest BCUT2D eigenvalue weighted by molar-refractivity contribution is -0.137. The van der Waals surface area contributed by atoms with Gasteiger partial charge in [-0.25, -0.2) is 9.79 Å². The molecule has 0 spiro atoms. The van der Waals surface area contributed by atoms with Gasteiger partial charge in [0, 0.05) is 18.2 Å². The van der Waals surface area contributed by atoms with Gasteiger partial charge in [0.25, 0.3) is 0 Å². The molecule has 2 aromatic rings. The summed E-state index contributed by atoms with van der Waals surface area (Å²) in [5, 5.41) is 2.92. The molecule has 0 aliphatic heterocycles. The number of carbonyl (C=O) groups is 1. The van der Waals surface area contributed by atoms with E-state index in [9.17, 15) is 4.79 Å². The molecule has 2 aromatic carbocycles. The van der Waals surface area contributed by atoms with Crippen LogP contribution in [0.3, 0.4) is 0 Å². The van der Waals surface area contributed by atoms with E-state index in [-0.39, 0.29) is 11.9 Å². The third kappa shape index (κ3) is 6.48. The summed E-state index contributed by atoms with van der Waals surface area (Å²) in [6, 6.07) is 16.7. The molecule has 26 heavy (non-hydrogen) atoms. The number of hydrogen-bond donors (Lipinski definition) is 3. The van der Waals surface area contributed by atoms with Crippen LogP contribution in [0.15, 0.2) is 77.2 Å². The van der Waals surface area contributed by atoms with Gasteiger partial charge in [-0.2, -0.15) is 4.99 Å². The van der Waals surface area contributed by atoms with Crippen LogP contribution in [0.5, 0.6) is 0 Å². The Hall–Kier alpha value is -3.61. The zero-order chi connectivity index (χ0) is 18.8. The average Bonchev–Trinajstić information content (AvgIpc) is 2.63. The topological polar surface area (TPSA) is 115 Å². The Labute approximate surface area is 152 Å². The van der Waals surface area contributed by atoms with E-state index in [1.165, 1.54) is 0 Å². The molecule has 0 atom stereocenters. The first kappa shape index (κ1) is 18.7. The third-order valence-corrected chi connectivity index (χ3v) is 3.26. The van der Waals surface area contributed by atoms with E-state index in [1.54, 1.807) is 12.1 Å². The Morgan fingerprint density at radius 1 is 1.12 bits per heavy atom. The van der Waals surface area contributed by atoms with Crippen molar-refractivity contribution in [3.8, 4) is 0 Å². The number of nitrogens with one attached hydrogen (secondary N) is 1. The maximum atomic E-state index is 11.0. The van der Waals surface area contributed by atoms with E-state index in [1.807, 2.05) is 42.5 Å². The van der Waals surface area contributed by atoms with Gasteiger partial charge in [0.2, 0.25) is 11.9 Å². The Kier molecular flexibility index (Phi) is 6.93. The lowest BCUT2D eigenvalue weighted by Gasteiger charge is -2.05. The van der Waals surface area contributed by atoms with E-state index in [2.05, 4.69) is 21.9 Å². The standard InChI is InChI=1S/C19H21N5O2/c1-2-17(25)26-13-12-14-8-10-16(11-9-14)23-19(21)24-18(20)22-15-6-4-3-5-7-15/h2-11H,1,12-13H2,(H5,20,21,22,23,24). The molecule has 0 saturated carbocycles. The van der Waals surface area contributed by atoms with E-state index >= 15 is 0 Å². The number of nitrogens with zero attached hydrogens (tertiary/aromatic N) is 2. The number of benzene rings is 2. The van der Waals surface area contributed by atoms with Crippen LogP contribution >= 0.6 is 0 Å². The Morgan fingerprint density at radius 3 is 2.46 bits per heavy atom. The lowest BCUT2D eigenvalue weighted by atomic mass is 10.1. The summed E-state index contributed by atoms with van der Waals surface area (Å²) in [6.07, 6.45) is 1.74. The molecule has 0 saturated heterocycles. The van der Waals surface area contributed by atoms with Crippen LogP contribution in [0.4, 0.5) is 11.4 Å². The number of hydrogen-bond acceptors (Lipinski definition) is 3. The number of guanidine groups is 2. The molecule has 0 radical (unpaired) electrons. The normalized spacial score (nSPS) is 11.7. The van der Waals surface area contributed by atoms with Gasteiger partial charge < -0.3 is 21.5 Å². The maximum absolute atomic E-state index is 11.0. The van der Waals surface area contributed by atoms with Crippen molar-refractivity contribution in [2.75, 3.05) is 11.9 Å². The van der Waals surface area contributed by atoms with Crippen LogP contribution < -0.4 is 16.8 Å². The molecule has 5 N–H and O–H groups in total. The fourth-order valence-electron chi connectivity index (χ4n) is 2.04. The van der Waals surface area contributed by atoms with Gasteiger partial charge in [-0.1, -0.05) is 36.9 Å². The van der Waals surface area contributed by atoms with Crippen LogP contribution in [0.25, 0.3) is 0 Å². The van der Waals surface area contributed by atoms with E-state index in [0.717, 1.165) is 17.3 Å². The molecule has 0 heterocycles. The van der Waals surface area contributed by atoms with Gasteiger partial charge in [0.15, 0.2) is 0 Å². The van der Waals surface area contributed by atoms with Crippen molar-refractivity contribution in [3.63, 3.8) is 0 Å². The Morgan fingerprint density at radius 2 is 1.81 bits per heavy atom. The van der Waals surface area contributed by atoms with Crippen LogP contribution in [-0.4, -0.2) is 24.5 Å². The number of rotatable bonds is 6. The summed E-state index contributed by atoms with van der Waals surface area (Å²) < 4.78 is 4.94. The highest BCUT2D eigenvalue weighted by Gasteiger charge is 1.99. The van der Waals surface area contributed by atoms with Crippen molar-refractivity contribution >= 4 is 29.3 Å². The highest BCUT2D eigenvalue weighted by molar-refractivity contribution is 6.01. The minimum atomic E-state index is -0.432. The van der Waals surface area contributed by atoms with Gasteiger partial charge >= 0.3 is 5.97 Å². The number of nitrogens with two attached hydrogens (primary N) is 2. The van der Waals surface area contributed by atoms with E-state index in [0.29, 0.717) is 18.7 Å². The molecular weight excluding hydrogens is 330 g/mol. The van der Waals surface area contributed by atoms with Gasteiger partial charge in [-0.3, -0.25) is 0 Å². The summed E-state index contributed by atoms with van der Waals surface area (Å²) in [4.78, 5) is 19.2. The highest BCUT2D eigenvalue weighted by atomic mass is 16.5. The Balaban J connectivity index is 1.92. The van der Waals surface area contributed by atoms with Crippen LogP contribution in [0.1, 0.15) is 5.56 Å². The third-order valence-electron chi connectivity index (χ3n) is 3.26. The lowest BCUT2D eigenvalue weighted by Crippen LogP contribution is -2.25. The minimum absolute atomic E-state index is 0.0404. The molecule has 7 heteroatoms. The van der Waals surface area contributed by atoms with Crippen LogP contribution in [0, 0.1) is 0 Å². The number of esters is 1. The van der Waals surface area contributed by atoms with Gasteiger partial charge in [0.05, 0.1) is 12.3 Å². The fourth-order valence-corrected chi connectivity index (χ4v) is 2.04. The van der Waals surface area contributed by atoms with Gasteiger partial charge in [0.1, 0.15) is 0 Å². The monoisotopic (exact) mass is 351 g/mol. The minimum Gasteiger partial charge on any atom is -0.462 e. The first-order valence-electron chi connectivity index (χ1n) is 7.95. The van der Waals surface area contributed by atoms with Crippen molar-refractivity contribution in [2.45, 2.75) is 6.42 Å². The number of para-hydroxylation sites is 1. The maximum Gasteiger partial charge on any atom is 0.330 e. The van der Waals surface area contributed by atoms with Crippen LogP contribution in [-0.2, 0) is 16.0 Å². The quantitative estimate of drug-likeness (QED) is 0.320. The second-order valence-electron chi connectivity index (χ2n) is 5.25. The van der Waals surface area contributed by atoms with Crippen molar-refractivity contribution in [2.24, 2.45) is 21.5 Å². The predicted molar refractivity (Wildman–Crippen MR) is 104 cm³/mol. The number of anilines is 1.